The highest BCUT2D eigenvalue weighted by Crippen LogP contribution is 2.42. The van der Waals surface area contributed by atoms with Gasteiger partial charge in [-0.15, -0.1) is 0 Å². The van der Waals surface area contributed by atoms with Crippen molar-refractivity contribution in [3.63, 3.8) is 0 Å². The highest BCUT2D eigenvalue weighted by Gasteiger charge is 2.35. The molecule has 0 bridgehead atoms. The molecule has 0 radical (unpaired) electrons. The van der Waals surface area contributed by atoms with E-state index < -0.39 is 16.0 Å². The maximum atomic E-state index is 12.9. The maximum absolute atomic E-state index is 12.9. The number of sulfonamides is 1. The van der Waals surface area contributed by atoms with Crippen molar-refractivity contribution in [1.29, 1.82) is 0 Å². The molecule has 1 aliphatic heterocycles. The molecule has 1 heterocycles. The lowest BCUT2D eigenvalue weighted by Crippen LogP contribution is -2.26. The normalized spacial score (nSPS) is 14.7. The minimum atomic E-state index is -3.58. The zero-order chi connectivity index (χ0) is 17.6. The SMILES string of the molecule is CC(=O)Oc1ccc(CN2c3cccc4cccc(c34)S2(=O)=O)cc1. The molecular formula is C19H15NO4S. The highest BCUT2D eigenvalue weighted by molar-refractivity contribution is 7.93. The Morgan fingerprint density at radius 3 is 2.36 bits per heavy atom. The van der Waals surface area contributed by atoms with E-state index >= 15 is 0 Å². The molecule has 4 rings (SSSR count). The number of hydrogen-bond acceptors (Lipinski definition) is 4. The third-order valence-corrected chi connectivity index (χ3v) is 5.99. The van der Waals surface area contributed by atoms with E-state index in [4.69, 9.17) is 4.74 Å². The Kier molecular flexibility index (Phi) is 3.51. The van der Waals surface area contributed by atoms with Crippen LogP contribution in [0.5, 0.6) is 5.75 Å². The van der Waals surface area contributed by atoms with Crippen molar-refractivity contribution in [1.82, 2.24) is 0 Å². The average Bonchev–Trinajstić information content (AvgIpc) is 2.80. The van der Waals surface area contributed by atoms with E-state index in [-0.39, 0.29) is 6.54 Å². The molecule has 126 valence electrons. The topological polar surface area (TPSA) is 63.7 Å². The molecule has 25 heavy (non-hydrogen) atoms. The largest absolute Gasteiger partial charge is 0.427 e. The molecule has 3 aromatic carbocycles. The average molecular weight is 353 g/mol. The van der Waals surface area contributed by atoms with Crippen LogP contribution in [0.4, 0.5) is 5.69 Å². The molecule has 0 saturated carbocycles. The van der Waals surface area contributed by atoms with Crippen molar-refractivity contribution in [2.45, 2.75) is 18.4 Å². The molecule has 0 atom stereocenters. The number of nitrogens with zero attached hydrogens (tertiary/aromatic N) is 1. The molecule has 0 aromatic heterocycles. The lowest BCUT2D eigenvalue weighted by Gasteiger charge is -2.19. The van der Waals surface area contributed by atoms with Gasteiger partial charge in [0.1, 0.15) is 5.75 Å². The zero-order valence-electron chi connectivity index (χ0n) is 13.5. The van der Waals surface area contributed by atoms with Crippen molar-refractivity contribution < 1.29 is 17.9 Å². The first-order chi connectivity index (χ1) is 12.0. The molecule has 0 saturated heterocycles. The first-order valence-electron chi connectivity index (χ1n) is 7.79. The van der Waals surface area contributed by atoms with Crippen LogP contribution in [0.15, 0.2) is 65.6 Å². The molecule has 0 spiro atoms. The fraction of sp³-hybridized carbons (Fsp3) is 0.105. The summed E-state index contributed by atoms with van der Waals surface area (Å²) in [5.41, 5.74) is 1.50. The lowest BCUT2D eigenvalue weighted by atomic mass is 10.1. The summed E-state index contributed by atoms with van der Waals surface area (Å²) in [5.74, 6) is 0.0444. The fourth-order valence-corrected chi connectivity index (χ4v) is 4.82. The fourth-order valence-electron chi connectivity index (χ4n) is 3.12. The monoisotopic (exact) mass is 353 g/mol. The van der Waals surface area contributed by atoms with E-state index in [1.54, 1.807) is 36.4 Å². The number of anilines is 1. The van der Waals surface area contributed by atoms with Gasteiger partial charge in [-0.25, -0.2) is 8.42 Å². The Bertz CT molecular complexity index is 1080. The molecule has 3 aromatic rings. The Labute approximate surface area is 145 Å². The van der Waals surface area contributed by atoms with E-state index in [0.717, 1.165) is 16.3 Å². The van der Waals surface area contributed by atoms with Crippen LogP contribution in [0.2, 0.25) is 0 Å². The third kappa shape index (κ3) is 2.55. The Hall–Kier alpha value is -2.86. The van der Waals surface area contributed by atoms with E-state index in [2.05, 4.69) is 0 Å². The molecule has 0 amide bonds. The first-order valence-corrected chi connectivity index (χ1v) is 9.23. The lowest BCUT2D eigenvalue weighted by molar-refractivity contribution is -0.131. The Balaban J connectivity index is 1.72. The molecule has 0 unspecified atom stereocenters. The summed E-state index contributed by atoms with van der Waals surface area (Å²) in [6, 6.07) is 17.8. The van der Waals surface area contributed by atoms with Gasteiger partial charge in [-0.1, -0.05) is 36.4 Å². The number of carbonyl (C=O) groups is 1. The van der Waals surface area contributed by atoms with Gasteiger partial charge in [0.2, 0.25) is 0 Å². The summed E-state index contributed by atoms with van der Waals surface area (Å²) >= 11 is 0. The van der Waals surface area contributed by atoms with Gasteiger partial charge in [0.15, 0.2) is 0 Å². The van der Waals surface area contributed by atoms with E-state index in [1.165, 1.54) is 11.2 Å². The van der Waals surface area contributed by atoms with Crippen LogP contribution in [0.1, 0.15) is 12.5 Å². The van der Waals surface area contributed by atoms with Gasteiger partial charge in [0.25, 0.3) is 10.0 Å². The predicted molar refractivity (Wildman–Crippen MR) is 95.1 cm³/mol. The minimum Gasteiger partial charge on any atom is -0.427 e. The minimum absolute atomic E-state index is 0.219. The molecule has 0 aliphatic carbocycles. The van der Waals surface area contributed by atoms with E-state index in [0.29, 0.717) is 16.3 Å². The van der Waals surface area contributed by atoms with Crippen LogP contribution < -0.4 is 9.04 Å². The van der Waals surface area contributed by atoms with Crippen LogP contribution >= 0.6 is 0 Å². The van der Waals surface area contributed by atoms with Gasteiger partial charge in [-0.3, -0.25) is 9.10 Å². The molecule has 0 fully saturated rings. The summed E-state index contributed by atoms with van der Waals surface area (Å²) in [4.78, 5) is 11.3. The van der Waals surface area contributed by atoms with Crippen LogP contribution in [0.25, 0.3) is 10.8 Å². The predicted octanol–water partition coefficient (Wildman–Crippen LogP) is 3.47. The molecule has 6 heteroatoms. The van der Waals surface area contributed by atoms with Crippen molar-refractivity contribution in [2.75, 3.05) is 4.31 Å². The van der Waals surface area contributed by atoms with Gasteiger partial charge < -0.3 is 4.74 Å². The highest BCUT2D eigenvalue weighted by atomic mass is 32.2. The van der Waals surface area contributed by atoms with E-state index in [1.807, 2.05) is 24.3 Å². The zero-order valence-corrected chi connectivity index (χ0v) is 14.3. The number of ether oxygens (including phenoxy) is 1. The van der Waals surface area contributed by atoms with Crippen LogP contribution in [-0.4, -0.2) is 14.4 Å². The van der Waals surface area contributed by atoms with Crippen LogP contribution in [-0.2, 0) is 21.4 Å². The number of carbonyl (C=O) groups excluding carboxylic acids is 1. The molecular weight excluding hydrogens is 338 g/mol. The van der Waals surface area contributed by atoms with Crippen LogP contribution in [0.3, 0.4) is 0 Å². The van der Waals surface area contributed by atoms with Gasteiger partial charge >= 0.3 is 5.97 Å². The van der Waals surface area contributed by atoms with Gasteiger partial charge in [0, 0.05) is 12.3 Å². The summed E-state index contributed by atoms with van der Waals surface area (Å²) < 4.78 is 32.3. The molecule has 5 nitrogen and oxygen atoms in total. The number of benzene rings is 3. The maximum Gasteiger partial charge on any atom is 0.308 e. The summed E-state index contributed by atoms with van der Waals surface area (Å²) in [5, 5.41) is 1.67. The van der Waals surface area contributed by atoms with Gasteiger partial charge in [-0.2, -0.15) is 0 Å². The second kappa shape index (κ2) is 5.60. The van der Waals surface area contributed by atoms with E-state index in [9.17, 15) is 13.2 Å². The second-order valence-electron chi connectivity index (χ2n) is 5.88. The van der Waals surface area contributed by atoms with Crippen molar-refractivity contribution in [3.8, 4) is 5.75 Å². The standard InChI is InChI=1S/C19H15NO4S/c1-13(21)24-16-10-8-14(9-11-16)12-20-17-6-2-4-15-5-3-7-18(19(15)17)25(20,22)23/h2-11H,12H2,1H3. The van der Waals surface area contributed by atoms with Crippen LogP contribution in [0, 0.1) is 0 Å². The summed E-state index contributed by atoms with van der Waals surface area (Å²) in [6.07, 6.45) is 0. The Morgan fingerprint density at radius 2 is 1.68 bits per heavy atom. The number of hydrogen-bond donors (Lipinski definition) is 0. The van der Waals surface area contributed by atoms with Crippen molar-refractivity contribution in [3.05, 3.63) is 66.2 Å². The first kappa shape index (κ1) is 15.7. The number of rotatable bonds is 3. The smallest absolute Gasteiger partial charge is 0.308 e. The van der Waals surface area contributed by atoms with Crippen molar-refractivity contribution >= 4 is 32.5 Å². The summed E-state index contributed by atoms with van der Waals surface area (Å²) in [6.45, 7) is 1.55. The van der Waals surface area contributed by atoms with Gasteiger partial charge in [-0.05, 0) is 35.2 Å². The third-order valence-electron chi connectivity index (χ3n) is 4.19. The summed E-state index contributed by atoms with van der Waals surface area (Å²) in [7, 11) is -3.58. The van der Waals surface area contributed by atoms with Gasteiger partial charge in [0.05, 0.1) is 17.1 Å². The molecule has 1 aliphatic rings. The second-order valence-corrected chi connectivity index (χ2v) is 7.71. The number of esters is 1. The quantitative estimate of drug-likeness (QED) is 0.534. The Morgan fingerprint density at radius 1 is 1.00 bits per heavy atom. The molecule has 0 N–H and O–H groups in total. The van der Waals surface area contributed by atoms with Crippen molar-refractivity contribution in [2.24, 2.45) is 0 Å².